The molecule has 24 heavy (non-hydrogen) atoms. The molecular formula is C16H21N7O. The van der Waals surface area contributed by atoms with E-state index in [-0.39, 0.29) is 6.04 Å². The fourth-order valence-electron chi connectivity index (χ4n) is 2.84. The second-order valence-corrected chi connectivity index (χ2v) is 5.80. The monoisotopic (exact) mass is 327 g/mol. The van der Waals surface area contributed by atoms with Crippen molar-refractivity contribution in [2.75, 3.05) is 5.32 Å². The first-order valence-electron chi connectivity index (χ1n) is 7.88. The molecule has 0 spiro atoms. The lowest BCUT2D eigenvalue weighted by Crippen LogP contribution is -2.52. The molecule has 3 rings (SSSR count). The van der Waals surface area contributed by atoms with Crippen LogP contribution in [0, 0.1) is 0 Å². The molecular weight excluding hydrogens is 306 g/mol. The zero-order valence-corrected chi connectivity index (χ0v) is 13.5. The van der Waals surface area contributed by atoms with Crippen molar-refractivity contribution < 1.29 is 5.11 Å². The van der Waals surface area contributed by atoms with Gasteiger partial charge in [-0.1, -0.05) is 25.1 Å². The molecule has 126 valence electrons. The summed E-state index contributed by atoms with van der Waals surface area (Å²) in [4.78, 5) is 3.96. The first-order chi connectivity index (χ1) is 11.7. The number of nitrogens with zero attached hydrogens (tertiary/aromatic N) is 6. The Morgan fingerprint density at radius 3 is 2.50 bits per heavy atom. The maximum Gasteiger partial charge on any atom is 0.137 e. The molecule has 0 saturated carbocycles. The van der Waals surface area contributed by atoms with E-state index in [2.05, 4.69) is 25.6 Å². The summed E-state index contributed by atoms with van der Waals surface area (Å²) in [5.74, 6) is 0. The van der Waals surface area contributed by atoms with E-state index in [1.807, 2.05) is 37.3 Å². The molecule has 0 radical (unpaired) electrons. The van der Waals surface area contributed by atoms with Crippen LogP contribution in [-0.4, -0.2) is 46.3 Å². The van der Waals surface area contributed by atoms with Gasteiger partial charge < -0.3 is 15.0 Å². The lowest BCUT2D eigenvalue weighted by atomic mass is 9.91. The van der Waals surface area contributed by atoms with E-state index >= 15 is 0 Å². The van der Waals surface area contributed by atoms with Gasteiger partial charge in [-0.15, -0.1) is 10.2 Å². The summed E-state index contributed by atoms with van der Waals surface area (Å²) in [6.07, 6.45) is 7.00. The number of nitrogens with one attached hydrogen (secondary N) is 1. The Labute approximate surface area is 140 Å². The predicted octanol–water partition coefficient (Wildman–Crippen LogP) is 1.19. The molecule has 2 atom stereocenters. The SMILES string of the molecule is CCC(Nc1ccccc1)C(O)(Cn1cnnc1)Cn1cncn1. The molecule has 0 amide bonds. The lowest BCUT2D eigenvalue weighted by Gasteiger charge is -2.36. The van der Waals surface area contributed by atoms with E-state index in [1.165, 1.54) is 6.33 Å². The van der Waals surface area contributed by atoms with Gasteiger partial charge >= 0.3 is 0 Å². The summed E-state index contributed by atoms with van der Waals surface area (Å²) >= 11 is 0. The Balaban J connectivity index is 1.85. The molecule has 2 heterocycles. The Hall–Kier alpha value is -2.74. The normalized spacial score (nSPS) is 14.9. The second-order valence-electron chi connectivity index (χ2n) is 5.80. The van der Waals surface area contributed by atoms with Crippen molar-refractivity contribution in [1.82, 2.24) is 29.5 Å². The van der Waals surface area contributed by atoms with Crippen molar-refractivity contribution >= 4 is 5.69 Å². The summed E-state index contributed by atoms with van der Waals surface area (Å²) in [6.45, 7) is 2.70. The highest BCUT2D eigenvalue weighted by Gasteiger charge is 2.37. The number of aliphatic hydroxyl groups is 1. The molecule has 2 unspecified atom stereocenters. The molecule has 0 saturated heterocycles. The van der Waals surface area contributed by atoms with Crippen LogP contribution in [0.4, 0.5) is 5.69 Å². The predicted molar refractivity (Wildman–Crippen MR) is 89.1 cm³/mol. The second kappa shape index (κ2) is 7.22. The number of anilines is 1. The van der Waals surface area contributed by atoms with Gasteiger partial charge in [-0.3, -0.25) is 0 Å². The average molecular weight is 327 g/mol. The van der Waals surface area contributed by atoms with Crippen LogP contribution in [0.15, 0.2) is 55.6 Å². The van der Waals surface area contributed by atoms with Gasteiger partial charge in [-0.05, 0) is 18.6 Å². The van der Waals surface area contributed by atoms with Crippen LogP contribution in [-0.2, 0) is 13.1 Å². The molecule has 0 fully saturated rings. The minimum absolute atomic E-state index is 0.188. The molecule has 1 aromatic carbocycles. The highest BCUT2D eigenvalue weighted by atomic mass is 16.3. The molecule has 8 nitrogen and oxygen atoms in total. The number of rotatable bonds is 8. The van der Waals surface area contributed by atoms with Crippen LogP contribution < -0.4 is 5.32 Å². The van der Waals surface area contributed by atoms with E-state index in [0.717, 1.165) is 12.1 Å². The van der Waals surface area contributed by atoms with Crippen molar-refractivity contribution in [3.8, 4) is 0 Å². The van der Waals surface area contributed by atoms with Crippen LogP contribution in [0.1, 0.15) is 13.3 Å². The molecule has 2 N–H and O–H groups in total. The largest absolute Gasteiger partial charge is 0.384 e. The topological polar surface area (TPSA) is 93.7 Å². The highest BCUT2D eigenvalue weighted by molar-refractivity contribution is 5.44. The third-order valence-corrected chi connectivity index (χ3v) is 4.00. The molecule has 3 aromatic rings. The average Bonchev–Trinajstić information content (AvgIpc) is 3.27. The van der Waals surface area contributed by atoms with Crippen molar-refractivity contribution in [1.29, 1.82) is 0 Å². The third-order valence-electron chi connectivity index (χ3n) is 4.00. The molecule has 0 bridgehead atoms. The zero-order valence-electron chi connectivity index (χ0n) is 13.5. The number of aromatic nitrogens is 6. The molecule has 0 aliphatic carbocycles. The standard InChI is InChI=1S/C16H21N7O/c1-2-15(21-14-6-4-3-5-7-14)16(24,8-22-12-18-19-13-22)9-23-11-17-10-20-23/h3-7,10-13,15,21,24H,2,8-9H2,1H3. The third kappa shape index (κ3) is 3.77. The summed E-state index contributed by atoms with van der Waals surface area (Å²) < 4.78 is 3.41. The van der Waals surface area contributed by atoms with Gasteiger partial charge in [0, 0.05) is 5.69 Å². The molecule has 8 heteroatoms. The van der Waals surface area contributed by atoms with E-state index in [0.29, 0.717) is 13.1 Å². The van der Waals surface area contributed by atoms with E-state index < -0.39 is 5.60 Å². The number of hydrogen-bond donors (Lipinski definition) is 2. The number of para-hydroxylation sites is 1. The molecule has 2 aromatic heterocycles. The molecule has 0 aliphatic rings. The van der Waals surface area contributed by atoms with Gasteiger partial charge in [-0.2, -0.15) is 5.10 Å². The van der Waals surface area contributed by atoms with E-state index in [1.54, 1.807) is 28.2 Å². The van der Waals surface area contributed by atoms with Gasteiger partial charge in [0.2, 0.25) is 0 Å². The van der Waals surface area contributed by atoms with Crippen molar-refractivity contribution in [2.24, 2.45) is 0 Å². The Kier molecular flexibility index (Phi) is 4.85. The van der Waals surface area contributed by atoms with Crippen LogP contribution in [0.5, 0.6) is 0 Å². The van der Waals surface area contributed by atoms with Crippen LogP contribution in [0.25, 0.3) is 0 Å². The quantitative estimate of drug-likeness (QED) is 0.645. The van der Waals surface area contributed by atoms with Crippen molar-refractivity contribution in [3.05, 3.63) is 55.6 Å². The summed E-state index contributed by atoms with van der Waals surface area (Å²) in [6, 6.07) is 9.67. The van der Waals surface area contributed by atoms with Gasteiger partial charge in [0.1, 0.15) is 30.9 Å². The van der Waals surface area contributed by atoms with Gasteiger partial charge in [0.25, 0.3) is 0 Å². The van der Waals surface area contributed by atoms with Gasteiger partial charge in [0.05, 0.1) is 19.1 Å². The Bertz CT molecular complexity index is 676. The van der Waals surface area contributed by atoms with Crippen molar-refractivity contribution in [2.45, 2.75) is 38.1 Å². The Morgan fingerprint density at radius 2 is 1.88 bits per heavy atom. The maximum absolute atomic E-state index is 11.4. The zero-order chi connectivity index (χ0) is 16.8. The fourth-order valence-corrected chi connectivity index (χ4v) is 2.84. The van der Waals surface area contributed by atoms with Gasteiger partial charge in [-0.25, -0.2) is 9.67 Å². The summed E-state index contributed by atoms with van der Waals surface area (Å²) in [5, 5.41) is 26.6. The van der Waals surface area contributed by atoms with E-state index in [4.69, 9.17) is 0 Å². The summed E-state index contributed by atoms with van der Waals surface area (Å²) in [7, 11) is 0. The van der Waals surface area contributed by atoms with E-state index in [9.17, 15) is 5.11 Å². The minimum atomic E-state index is -1.10. The van der Waals surface area contributed by atoms with Crippen molar-refractivity contribution in [3.63, 3.8) is 0 Å². The van der Waals surface area contributed by atoms with Gasteiger partial charge in [0.15, 0.2) is 0 Å². The summed E-state index contributed by atoms with van der Waals surface area (Å²) in [5.41, 5.74) is -0.133. The number of benzene rings is 1. The first-order valence-corrected chi connectivity index (χ1v) is 7.88. The maximum atomic E-state index is 11.4. The Morgan fingerprint density at radius 1 is 1.12 bits per heavy atom. The fraction of sp³-hybridized carbons (Fsp3) is 0.375. The van der Waals surface area contributed by atoms with Crippen LogP contribution in [0.3, 0.4) is 0 Å². The minimum Gasteiger partial charge on any atom is -0.384 e. The van der Waals surface area contributed by atoms with Crippen LogP contribution in [0.2, 0.25) is 0 Å². The molecule has 0 aliphatic heterocycles. The first kappa shape index (κ1) is 16.1. The van der Waals surface area contributed by atoms with Crippen LogP contribution >= 0.6 is 0 Å². The number of hydrogen-bond acceptors (Lipinski definition) is 6. The smallest absolute Gasteiger partial charge is 0.137 e. The highest BCUT2D eigenvalue weighted by Crippen LogP contribution is 2.23. The lowest BCUT2D eigenvalue weighted by molar-refractivity contribution is -0.0160.